The molecule has 1 spiro atoms. The molecular weight excluding hydrogens is 576 g/mol. The topological polar surface area (TPSA) is 108 Å². The quantitative estimate of drug-likeness (QED) is 0.230. The minimum atomic E-state index is -0.947. The van der Waals surface area contributed by atoms with Gasteiger partial charge < -0.3 is 24.2 Å². The average Bonchev–Trinajstić information content (AvgIpc) is 3.67. The highest BCUT2D eigenvalue weighted by Gasteiger charge is 2.48. The van der Waals surface area contributed by atoms with Gasteiger partial charge in [-0.15, -0.1) is 0 Å². The van der Waals surface area contributed by atoms with Crippen LogP contribution in [0, 0.1) is 29.1 Å². The summed E-state index contributed by atoms with van der Waals surface area (Å²) in [5.74, 6) is 1.49. The molecule has 0 atom stereocenters. The number of anilines is 2. The Labute approximate surface area is 261 Å². The molecule has 2 saturated heterocycles. The number of hydrogen-bond donors (Lipinski definition) is 1. The van der Waals surface area contributed by atoms with Crippen LogP contribution in [0.25, 0.3) is 11.0 Å². The number of nitriles is 1. The summed E-state index contributed by atoms with van der Waals surface area (Å²) in [7, 11) is 0. The van der Waals surface area contributed by atoms with Crippen molar-refractivity contribution in [2.75, 3.05) is 36.0 Å². The summed E-state index contributed by atoms with van der Waals surface area (Å²) in [6.07, 6.45) is 4.65. The molecular formula is C34H35ClN6O3. The molecule has 226 valence electrons. The van der Waals surface area contributed by atoms with Crippen molar-refractivity contribution < 1.29 is 14.6 Å². The van der Waals surface area contributed by atoms with Crippen LogP contribution >= 0.6 is 11.6 Å². The second-order valence-corrected chi connectivity index (χ2v) is 13.3. The van der Waals surface area contributed by atoms with Crippen LogP contribution in [0.1, 0.15) is 53.6 Å². The first-order chi connectivity index (χ1) is 21.3. The zero-order valence-electron chi connectivity index (χ0n) is 24.8. The maximum absolute atomic E-state index is 11.7. The number of halogens is 1. The summed E-state index contributed by atoms with van der Waals surface area (Å²) >= 11 is 6.10. The van der Waals surface area contributed by atoms with Gasteiger partial charge in [-0.1, -0.05) is 23.7 Å². The van der Waals surface area contributed by atoms with Crippen molar-refractivity contribution in [1.29, 1.82) is 5.26 Å². The fourth-order valence-electron chi connectivity index (χ4n) is 6.78. The summed E-state index contributed by atoms with van der Waals surface area (Å²) in [6.45, 7) is 6.83. The molecule has 2 aromatic carbocycles. The summed E-state index contributed by atoms with van der Waals surface area (Å²) < 4.78 is 8.22. The molecule has 44 heavy (non-hydrogen) atoms. The van der Waals surface area contributed by atoms with Crippen LogP contribution in [0.4, 0.5) is 11.8 Å². The second-order valence-electron chi connectivity index (χ2n) is 12.9. The summed E-state index contributed by atoms with van der Waals surface area (Å²) in [5, 5.41) is 19.8. The summed E-state index contributed by atoms with van der Waals surface area (Å²) in [5.41, 5.74) is 4.25. The van der Waals surface area contributed by atoms with E-state index < -0.39 is 5.97 Å². The third-order valence-corrected chi connectivity index (χ3v) is 9.99. The largest absolute Gasteiger partial charge is 0.478 e. The molecule has 7 rings (SSSR count). The predicted octanol–water partition coefficient (Wildman–Crippen LogP) is 6.47. The fraction of sp³-hybridized carbons (Fsp3) is 0.412. The lowest BCUT2D eigenvalue weighted by molar-refractivity contribution is 0.0697. The highest BCUT2D eigenvalue weighted by molar-refractivity contribution is 6.30. The van der Waals surface area contributed by atoms with Crippen LogP contribution < -0.4 is 14.5 Å². The number of rotatable bonds is 9. The van der Waals surface area contributed by atoms with Crippen LogP contribution in [0.3, 0.4) is 0 Å². The van der Waals surface area contributed by atoms with E-state index in [4.69, 9.17) is 26.3 Å². The third-order valence-electron chi connectivity index (χ3n) is 9.75. The Kier molecular flexibility index (Phi) is 7.13. The maximum atomic E-state index is 11.7. The van der Waals surface area contributed by atoms with Crippen LogP contribution in [-0.4, -0.2) is 51.8 Å². The molecule has 3 aliphatic rings. The average molecular weight is 611 g/mol. The standard InChI is InChI=1S/C34H35ClN6O3/c1-23-17-26(35)7-5-25(23)19-44-30-4-2-3-29(38-30)39-15-12-34(13-16-39)20-40(21-34)32-37-27-8-6-24(31(42)43)18-28(27)41(32)22-33(9-10-33)11-14-36/h2-8,17-18H,9-13,15-16,19-22H2,1H3,(H,42,43). The second kappa shape index (κ2) is 11.0. The Hall–Kier alpha value is -4.29. The number of fused-ring (bicyclic) bond motifs is 1. The first kappa shape index (κ1) is 28.5. The van der Waals surface area contributed by atoms with Crippen LogP contribution in [0.5, 0.6) is 5.88 Å². The highest BCUT2D eigenvalue weighted by Crippen LogP contribution is 2.52. The number of carboxylic acids is 1. The molecule has 1 saturated carbocycles. The number of hydrogen-bond acceptors (Lipinski definition) is 7. The molecule has 1 aliphatic carbocycles. The van der Waals surface area contributed by atoms with E-state index in [0.717, 1.165) is 90.8 Å². The zero-order valence-corrected chi connectivity index (χ0v) is 25.6. The van der Waals surface area contributed by atoms with E-state index in [-0.39, 0.29) is 16.4 Å². The molecule has 0 unspecified atom stereocenters. The van der Waals surface area contributed by atoms with Gasteiger partial charge in [-0.3, -0.25) is 0 Å². The number of ether oxygens (including phenoxy) is 1. The van der Waals surface area contributed by atoms with Gasteiger partial charge in [0.25, 0.3) is 0 Å². The number of aryl methyl sites for hydroxylation is 1. The Morgan fingerprint density at radius 1 is 1.05 bits per heavy atom. The number of aromatic carboxylic acids is 1. The Balaban J connectivity index is 1.02. The van der Waals surface area contributed by atoms with E-state index in [1.807, 2.05) is 43.3 Å². The van der Waals surface area contributed by atoms with E-state index in [1.54, 1.807) is 18.2 Å². The van der Waals surface area contributed by atoms with Gasteiger partial charge in [0.1, 0.15) is 12.4 Å². The molecule has 1 N–H and O–H groups in total. The lowest BCUT2D eigenvalue weighted by Crippen LogP contribution is -2.61. The molecule has 0 amide bonds. The van der Waals surface area contributed by atoms with Gasteiger partial charge in [-0.25, -0.2) is 9.78 Å². The minimum absolute atomic E-state index is 0.0385. The van der Waals surface area contributed by atoms with E-state index in [9.17, 15) is 15.2 Å². The van der Waals surface area contributed by atoms with Gasteiger partial charge in [-0.2, -0.15) is 10.2 Å². The van der Waals surface area contributed by atoms with Crippen molar-refractivity contribution in [1.82, 2.24) is 14.5 Å². The number of carboxylic acid groups (broad SMARTS) is 1. The van der Waals surface area contributed by atoms with Crippen molar-refractivity contribution in [2.45, 2.75) is 52.2 Å². The number of pyridine rings is 1. The Morgan fingerprint density at radius 3 is 2.55 bits per heavy atom. The highest BCUT2D eigenvalue weighted by atomic mass is 35.5. The van der Waals surface area contributed by atoms with Gasteiger partial charge in [0.15, 0.2) is 0 Å². The fourth-order valence-corrected chi connectivity index (χ4v) is 7.00. The van der Waals surface area contributed by atoms with Crippen molar-refractivity contribution in [2.24, 2.45) is 10.8 Å². The normalized spacial score (nSPS) is 18.2. The van der Waals surface area contributed by atoms with Gasteiger partial charge in [0.2, 0.25) is 11.8 Å². The molecule has 3 fully saturated rings. The summed E-state index contributed by atoms with van der Waals surface area (Å²) in [4.78, 5) is 26.2. The van der Waals surface area contributed by atoms with Crippen LogP contribution in [0.2, 0.25) is 5.02 Å². The molecule has 0 radical (unpaired) electrons. The van der Waals surface area contributed by atoms with E-state index in [2.05, 4.69) is 20.4 Å². The minimum Gasteiger partial charge on any atom is -0.478 e. The molecule has 2 aromatic heterocycles. The lowest BCUT2D eigenvalue weighted by Gasteiger charge is -2.54. The molecule has 9 nitrogen and oxygen atoms in total. The molecule has 0 bridgehead atoms. The first-order valence-electron chi connectivity index (χ1n) is 15.2. The first-order valence-corrected chi connectivity index (χ1v) is 15.6. The number of piperidine rings is 1. The van der Waals surface area contributed by atoms with Crippen molar-refractivity contribution in [3.63, 3.8) is 0 Å². The van der Waals surface area contributed by atoms with Crippen molar-refractivity contribution in [3.8, 4) is 11.9 Å². The Morgan fingerprint density at radius 2 is 1.84 bits per heavy atom. The predicted molar refractivity (Wildman–Crippen MR) is 169 cm³/mol. The van der Waals surface area contributed by atoms with Gasteiger partial charge in [-0.05, 0) is 80.1 Å². The third kappa shape index (κ3) is 5.43. The van der Waals surface area contributed by atoms with E-state index in [0.29, 0.717) is 25.5 Å². The van der Waals surface area contributed by atoms with Crippen LogP contribution in [-0.2, 0) is 13.2 Å². The number of imidazole rings is 1. The van der Waals surface area contributed by atoms with Crippen molar-refractivity contribution >= 4 is 40.4 Å². The molecule has 10 heteroatoms. The van der Waals surface area contributed by atoms with Gasteiger partial charge in [0.05, 0.1) is 22.7 Å². The summed E-state index contributed by atoms with van der Waals surface area (Å²) in [6, 6.07) is 19.3. The van der Waals surface area contributed by atoms with E-state index >= 15 is 0 Å². The number of nitrogens with zero attached hydrogens (tertiary/aromatic N) is 6. The monoisotopic (exact) mass is 610 g/mol. The van der Waals surface area contributed by atoms with Crippen molar-refractivity contribution in [3.05, 3.63) is 76.3 Å². The SMILES string of the molecule is Cc1cc(Cl)ccc1COc1cccc(N2CCC3(CC2)CN(c2nc4ccc(C(=O)O)cc4n2CC2(CC#N)CC2)C3)n1. The smallest absolute Gasteiger partial charge is 0.335 e. The molecule has 2 aliphatic heterocycles. The number of carbonyl (C=O) groups is 1. The van der Waals surface area contributed by atoms with Gasteiger partial charge >= 0.3 is 5.97 Å². The molecule has 4 heterocycles. The van der Waals surface area contributed by atoms with Crippen LogP contribution in [0.15, 0.2) is 54.6 Å². The molecule has 4 aromatic rings. The zero-order chi connectivity index (χ0) is 30.5. The maximum Gasteiger partial charge on any atom is 0.335 e. The number of benzene rings is 2. The van der Waals surface area contributed by atoms with E-state index in [1.165, 1.54) is 0 Å². The lowest BCUT2D eigenvalue weighted by atomic mass is 9.72. The van der Waals surface area contributed by atoms with Gasteiger partial charge in [0, 0.05) is 61.1 Å². The Bertz CT molecular complexity index is 1780. The number of aromatic nitrogens is 3.